The molecule has 0 aliphatic carbocycles. The van der Waals surface area contributed by atoms with Crippen LogP contribution in [0.4, 0.5) is 0 Å². The van der Waals surface area contributed by atoms with Crippen LogP contribution < -0.4 is 0 Å². The third-order valence-corrected chi connectivity index (χ3v) is 1.22. The summed E-state index contributed by atoms with van der Waals surface area (Å²) in [5, 5.41) is 0. The molecule has 54 valence electrons. The van der Waals surface area contributed by atoms with E-state index >= 15 is 0 Å². The molecule has 3 heteroatoms. The largest absolute Gasteiger partial charge is 0.370 e. The van der Waals surface area contributed by atoms with Crippen LogP contribution in [-0.2, 0) is 9.53 Å². The van der Waals surface area contributed by atoms with Crippen molar-refractivity contribution in [3.8, 4) is 0 Å². The molecule has 1 atom stereocenters. The number of aldehydes is 1. The number of carbonyl (C=O) groups excluding carboxylic acids is 1. The molecule has 0 aliphatic heterocycles. The van der Waals surface area contributed by atoms with E-state index in [1.165, 1.54) is 0 Å². The second kappa shape index (κ2) is 6.11. The molecule has 1 unspecified atom stereocenters. The molecule has 0 aromatic heterocycles. The molecular weight excluding hydrogens is 136 g/mol. The van der Waals surface area contributed by atoms with E-state index < -0.39 is 0 Å². The summed E-state index contributed by atoms with van der Waals surface area (Å²) in [5.74, 6) is 0.718. The van der Waals surface area contributed by atoms with Gasteiger partial charge in [0, 0.05) is 5.92 Å². The zero-order valence-electron chi connectivity index (χ0n) is 5.79. The molecular formula is C6H12O2S. The highest BCUT2D eigenvalue weighted by atomic mass is 32.2. The lowest BCUT2D eigenvalue weighted by molar-refractivity contribution is -0.112. The standard InChI is InChI=1S/C6H12O2S/c1-6(3-7)4-8-5-9-2/h3,6H,4-5H2,1-2H3. The summed E-state index contributed by atoms with van der Waals surface area (Å²) < 4.78 is 5.07. The summed E-state index contributed by atoms with van der Waals surface area (Å²) in [6, 6.07) is 0. The monoisotopic (exact) mass is 148 g/mol. The fraction of sp³-hybridized carbons (Fsp3) is 0.833. The van der Waals surface area contributed by atoms with E-state index in [4.69, 9.17) is 4.74 Å². The molecule has 0 aromatic carbocycles. The maximum atomic E-state index is 10.0. The normalized spacial score (nSPS) is 13.1. The van der Waals surface area contributed by atoms with E-state index in [2.05, 4.69) is 0 Å². The maximum absolute atomic E-state index is 10.0. The van der Waals surface area contributed by atoms with E-state index in [1.807, 2.05) is 13.2 Å². The highest BCUT2D eigenvalue weighted by Crippen LogP contribution is 1.95. The predicted molar refractivity (Wildman–Crippen MR) is 39.6 cm³/mol. The third-order valence-electron chi connectivity index (χ3n) is 0.814. The molecule has 0 N–H and O–H groups in total. The molecule has 2 nitrogen and oxygen atoms in total. The quantitative estimate of drug-likeness (QED) is 0.332. The van der Waals surface area contributed by atoms with Gasteiger partial charge in [0.25, 0.3) is 0 Å². The van der Waals surface area contributed by atoms with Crippen molar-refractivity contribution in [1.82, 2.24) is 0 Å². The molecule has 0 spiro atoms. The van der Waals surface area contributed by atoms with Crippen molar-refractivity contribution in [3.63, 3.8) is 0 Å². The van der Waals surface area contributed by atoms with E-state index in [0.29, 0.717) is 12.5 Å². The second-order valence-corrected chi connectivity index (χ2v) is 2.70. The molecule has 0 saturated carbocycles. The minimum Gasteiger partial charge on any atom is -0.370 e. The molecule has 0 aliphatic rings. The third kappa shape index (κ3) is 5.86. The topological polar surface area (TPSA) is 26.3 Å². The van der Waals surface area contributed by atoms with Gasteiger partial charge in [0.15, 0.2) is 0 Å². The van der Waals surface area contributed by atoms with Gasteiger partial charge in [0.2, 0.25) is 0 Å². The molecule has 0 saturated heterocycles. The molecule has 0 rings (SSSR count). The van der Waals surface area contributed by atoms with Gasteiger partial charge < -0.3 is 9.53 Å². The van der Waals surface area contributed by atoms with E-state index in [9.17, 15) is 4.79 Å². The molecule has 9 heavy (non-hydrogen) atoms. The van der Waals surface area contributed by atoms with Crippen LogP contribution in [0.1, 0.15) is 6.92 Å². The average molecular weight is 148 g/mol. The Labute approximate surface area is 60.0 Å². The van der Waals surface area contributed by atoms with Gasteiger partial charge >= 0.3 is 0 Å². The smallest absolute Gasteiger partial charge is 0.125 e. The van der Waals surface area contributed by atoms with Crippen molar-refractivity contribution in [3.05, 3.63) is 0 Å². The Balaban J connectivity index is 2.96. The first-order valence-electron chi connectivity index (χ1n) is 2.83. The van der Waals surface area contributed by atoms with Crippen molar-refractivity contribution in [2.24, 2.45) is 5.92 Å². The van der Waals surface area contributed by atoms with Gasteiger partial charge in [-0.15, -0.1) is 11.8 Å². The Hall–Kier alpha value is -0.0200. The summed E-state index contributed by atoms with van der Waals surface area (Å²) in [7, 11) is 0. The molecule has 0 radical (unpaired) electrons. The van der Waals surface area contributed by atoms with Gasteiger partial charge in [0.05, 0.1) is 12.5 Å². The summed E-state index contributed by atoms with van der Waals surface area (Å²) in [6.45, 7) is 2.39. The van der Waals surface area contributed by atoms with Crippen LogP contribution in [0.15, 0.2) is 0 Å². The average Bonchev–Trinajstić information content (AvgIpc) is 1.89. The zero-order chi connectivity index (χ0) is 7.11. The van der Waals surface area contributed by atoms with Crippen molar-refractivity contribution in [1.29, 1.82) is 0 Å². The highest BCUT2D eigenvalue weighted by molar-refractivity contribution is 7.98. The van der Waals surface area contributed by atoms with Crippen LogP contribution in [0.2, 0.25) is 0 Å². The molecule has 0 fully saturated rings. The Morgan fingerprint density at radius 2 is 2.44 bits per heavy atom. The van der Waals surface area contributed by atoms with Crippen LogP contribution >= 0.6 is 11.8 Å². The minimum absolute atomic E-state index is 0.0390. The second-order valence-electron chi connectivity index (χ2n) is 1.89. The first kappa shape index (κ1) is 8.98. The van der Waals surface area contributed by atoms with Crippen LogP contribution in [0.25, 0.3) is 0 Å². The maximum Gasteiger partial charge on any atom is 0.125 e. The number of rotatable bonds is 5. The van der Waals surface area contributed by atoms with Gasteiger partial charge in [-0.25, -0.2) is 0 Å². The first-order valence-corrected chi connectivity index (χ1v) is 4.22. The lowest BCUT2D eigenvalue weighted by Gasteiger charge is -2.02. The van der Waals surface area contributed by atoms with Crippen LogP contribution in [0, 0.1) is 5.92 Å². The Morgan fingerprint density at radius 3 is 2.89 bits per heavy atom. The molecule has 0 bridgehead atoms. The summed E-state index contributed by atoms with van der Waals surface area (Å²) in [5.41, 5.74) is 0. The van der Waals surface area contributed by atoms with Gasteiger partial charge in [-0.1, -0.05) is 6.92 Å². The summed E-state index contributed by atoms with van der Waals surface area (Å²) in [6.07, 6.45) is 2.87. The summed E-state index contributed by atoms with van der Waals surface area (Å²) in [4.78, 5) is 10.0. The van der Waals surface area contributed by atoms with Gasteiger partial charge in [-0.05, 0) is 6.26 Å². The Morgan fingerprint density at radius 1 is 1.78 bits per heavy atom. The molecule has 0 amide bonds. The van der Waals surface area contributed by atoms with Gasteiger partial charge in [-0.2, -0.15) is 0 Å². The van der Waals surface area contributed by atoms with E-state index in [1.54, 1.807) is 11.8 Å². The van der Waals surface area contributed by atoms with Crippen molar-refractivity contribution >= 4 is 18.0 Å². The summed E-state index contributed by atoms with van der Waals surface area (Å²) >= 11 is 1.62. The predicted octanol–water partition coefficient (Wildman–Crippen LogP) is 1.16. The number of carbonyl (C=O) groups is 1. The lowest BCUT2D eigenvalue weighted by Crippen LogP contribution is -2.05. The van der Waals surface area contributed by atoms with Crippen molar-refractivity contribution in [2.75, 3.05) is 18.8 Å². The van der Waals surface area contributed by atoms with Gasteiger partial charge in [0.1, 0.15) is 6.29 Å². The fourth-order valence-electron chi connectivity index (χ4n) is 0.357. The highest BCUT2D eigenvalue weighted by Gasteiger charge is 1.96. The lowest BCUT2D eigenvalue weighted by atomic mass is 10.2. The van der Waals surface area contributed by atoms with Gasteiger partial charge in [-0.3, -0.25) is 0 Å². The molecule has 0 heterocycles. The number of hydrogen-bond donors (Lipinski definition) is 0. The Kier molecular flexibility index (Phi) is 6.09. The SMILES string of the molecule is CSCOCC(C)C=O. The zero-order valence-corrected chi connectivity index (χ0v) is 6.61. The minimum atomic E-state index is 0.0390. The first-order chi connectivity index (χ1) is 4.31. The molecule has 0 aromatic rings. The number of ether oxygens (including phenoxy) is 1. The van der Waals surface area contributed by atoms with Crippen LogP contribution in [-0.4, -0.2) is 25.1 Å². The number of hydrogen-bond acceptors (Lipinski definition) is 3. The van der Waals surface area contributed by atoms with Crippen molar-refractivity contribution in [2.45, 2.75) is 6.92 Å². The van der Waals surface area contributed by atoms with E-state index in [-0.39, 0.29) is 5.92 Å². The van der Waals surface area contributed by atoms with Crippen LogP contribution in [0.3, 0.4) is 0 Å². The van der Waals surface area contributed by atoms with Crippen molar-refractivity contribution < 1.29 is 9.53 Å². The van der Waals surface area contributed by atoms with E-state index in [0.717, 1.165) is 6.29 Å². The number of thioether (sulfide) groups is 1. The van der Waals surface area contributed by atoms with Crippen LogP contribution in [0.5, 0.6) is 0 Å². The Bertz CT molecular complexity index is 75.5. The fourth-order valence-corrected chi connectivity index (χ4v) is 0.620.